The number of hydrogen-bond donors (Lipinski definition) is 1. The SMILES string of the molecule is CCC(C)(C)NC(C(=O)C=O)C(=O)N(Cc1c(C)cc(Cl)cc1Cl)C1=CCC1. The molecule has 1 unspecified atom stereocenters. The van der Waals surface area contributed by atoms with Gasteiger partial charge in [0.15, 0.2) is 12.3 Å². The van der Waals surface area contributed by atoms with Crippen LogP contribution in [0.2, 0.25) is 10.0 Å². The Hall–Kier alpha value is -1.69. The van der Waals surface area contributed by atoms with Gasteiger partial charge >= 0.3 is 0 Å². The van der Waals surface area contributed by atoms with E-state index in [1.54, 1.807) is 17.0 Å². The Balaban J connectivity index is 2.39. The Labute approximate surface area is 176 Å². The van der Waals surface area contributed by atoms with Gasteiger partial charge in [0.05, 0.1) is 6.54 Å². The van der Waals surface area contributed by atoms with E-state index >= 15 is 0 Å². The standard InChI is InChI=1S/C21H26Cl2N2O3/c1-5-21(3,4)24-19(18(27)12-26)20(28)25(15-7-6-8-15)11-16-13(2)9-14(22)10-17(16)23/h7,9-10,12,19,24H,5-6,8,11H2,1-4H3. The van der Waals surface area contributed by atoms with Crippen LogP contribution in [0.1, 0.15) is 51.2 Å². The van der Waals surface area contributed by atoms with Gasteiger partial charge in [-0.3, -0.25) is 19.7 Å². The Bertz CT molecular complexity index is 795. The Morgan fingerprint density at radius 3 is 2.43 bits per heavy atom. The lowest BCUT2D eigenvalue weighted by atomic mass is 9.97. The average molecular weight is 425 g/mol. The van der Waals surface area contributed by atoms with Crippen molar-refractivity contribution in [3.8, 4) is 0 Å². The van der Waals surface area contributed by atoms with Crippen molar-refractivity contribution in [1.82, 2.24) is 10.2 Å². The number of aldehydes is 1. The molecule has 1 aliphatic carbocycles. The highest BCUT2D eigenvalue weighted by Gasteiger charge is 2.36. The van der Waals surface area contributed by atoms with Gasteiger partial charge in [-0.15, -0.1) is 0 Å². The van der Waals surface area contributed by atoms with Crippen molar-refractivity contribution in [3.63, 3.8) is 0 Å². The third kappa shape index (κ3) is 5.22. The molecule has 5 nitrogen and oxygen atoms in total. The summed E-state index contributed by atoms with van der Waals surface area (Å²) in [5.74, 6) is -1.23. The number of ketones is 1. The minimum absolute atomic E-state index is 0.204. The third-order valence-corrected chi connectivity index (χ3v) is 5.71. The number of benzene rings is 1. The molecule has 0 fully saturated rings. The predicted molar refractivity (Wildman–Crippen MR) is 111 cm³/mol. The smallest absolute Gasteiger partial charge is 0.252 e. The molecule has 1 aromatic carbocycles. The number of hydrogen-bond acceptors (Lipinski definition) is 4. The summed E-state index contributed by atoms with van der Waals surface area (Å²) in [6.45, 7) is 7.81. The minimum atomic E-state index is -1.24. The first kappa shape index (κ1) is 22.6. The molecule has 0 bridgehead atoms. The molecule has 28 heavy (non-hydrogen) atoms. The van der Waals surface area contributed by atoms with Gasteiger partial charge < -0.3 is 4.90 Å². The largest absolute Gasteiger partial charge is 0.310 e. The van der Waals surface area contributed by atoms with Gasteiger partial charge in [0, 0.05) is 21.3 Å². The van der Waals surface area contributed by atoms with E-state index in [1.165, 1.54) is 0 Å². The van der Waals surface area contributed by atoms with Crippen molar-refractivity contribution in [3.05, 3.63) is 45.1 Å². The van der Waals surface area contributed by atoms with Crippen LogP contribution in [0.25, 0.3) is 0 Å². The number of nitrogens with zero attached hydrogens (tertiary/aromatic N) is 1. The maximum atomic E-state index is 13.3. The molecule has 1 N–H and O–H groups in total. The van der Waals surface area contributed by atoms with Crippen molar-refractivity contribution in [2.45, 2.75) is 65.1 Å². The highest BCUT2D eigenvalue weighted by molar-refractivity contribution is 6.35. The Morgan fingerprint density at radius 1 is 1.32 bits per heavy atom. The number of rotatable bonds is 9. The maximum absolute atomic E-state index is 13.3. The molecule has 1 aliphatic rings. The zero-order valence-corrected chi connectivity index (χ0v) is 18.2. The van der Waals surface area contributed by atoms with Gasteiger partial charge in [0.25, 0.3) is 5.91 Å². The van der Waals surface area contributed by atoms with E-state index in [0.717, 1.165) is 29.7 Å². The first-order valence-electron chi connectivity index (χ1n) is 9.31. The Kier molecular flexibility index (Phi) is 7.43. The van der Waals surface area contributed by atoms with Gasteiger partial charge in [-0.05, 0) is 63.3 Å². The second-order valence-electron chi connectivity index (χ2n) is 7.68. The summed E-state index contributed by atoms with van der Waals surface area (Å²) in [5.41, 5.74) is 1.97. The number of amides is 1. The molecule has 0 aromatic heterocycles. The van der Waals surface area contributed by atoms with Gasteiger partial charge in [-0.2, -0.15) is 0 Å². The highest BCUT2D eigenvalue weighted by Crippen LogP contribution is 2.31. The predicted octanol–water partition coefficient (Wildman–Crippen LogP) is 4.22. The van der Waals surface area contributed by atoms with Gasteiger partial charge in [0.2, 0.25) is 5.78 Å². The van der Waals surface area contributed by atoms with E-state index in [9.17, 15) is 14.4 Å². The van der Waals surface area contributed by atoms with Gasteiger partial charge in [-0.1, -0.05) is 36.2 Å². The molecule has 0 saturated carbocycles. The highest BCUT2D eigenvalue weighted by atomic mass is 35.5. The van der Waals surface area contributed by atoms with Crippen LogP contribution in [0.3, 0.4) is 0 Å². The fourth-order valence-electron chi connectivity index (χ4n) is 2.90. The number of Topliss-reactive ketones (excluding diaryl/α,β-unsaturated/α-hetero) is 1. The third-order valence-electron chi connectivity index (χ3n) is 5.16. The van der Waals surface area contributed by atoms with E-state index in [-0.39, 0.29) is 12.8 Å². The number of allylic oxidation sites excluding steroid dienone is 2. The van der Waals surface area contributed by atoms with Crippen molar-refractivity contribution >= 4 is 41.2 Å². The van der Waals surface area contributed by atoms with E-state index in [0.29, 0.717) is 16.5 Å². The number of nitrogens with one attached hydrogen (secondary N) is 1. The molecule has 0 aliphatic heterocycles. The van der Waals surface area contributed by atoms with Crippen LogP contribution in [0.5, 0.6) is 0 Å². The molecular weight excluding hydrogens is 399 g/mol. The fourth-order valence-corrected chi connectivity index (χ4v) is 3.56. The van der Waals surface area contributed by atoms with Crippen molar-refractivity contribution in [1.29, 1.82) is 0 Å². The number of carbonyl (C=O) groups excluding carboxylic acids is 3. The van der Waals surface area contributed by atoms with Crippen LogP contribution in [0.4, 0.5) is 0 Å². The summed E-state index contributed by atoms with van der Waals surface area (Å²) in [6, 6.07) is 2.18. The molecule has 0 saturated heterocycles. The monoisotopic (exact) mass is 424 g/mol. The molecule has 1 amide bonds. The summed E-state index contributed by atoms with van der Waals surface area (Å²) in [4.78, 5) is 38.4. The zero-order chi connectivity index (χ0) is 21.1. The van der Waals surface area contributed by atoms with Gasteiger partial charge in [-0.25, -0.2) is 0 Å². The molecule has 2 rings (SSSR count). The van der Waals surface area contributed by atoms with Crippen molar-refractivity contribution in [2.24, 2.45) is 0 Å². The van der Waals surface area contributed by atoms with Crippen LogP contribution >= 0.6 is 23.2 Å². The second-order valence-corrected chi connectivity index (χ2v) is 8.52. The molecule has 7 heteroatoms. The second kappa shape index (κ2) is 9.21. The topological polar surface area (TPSA) is 66.5 Å². The van der Waals surface area contributed by atoms with Crippen molar-refractivity contribution in [2.75, 3.05) is 0 Å². The lowest BCUT2D eigenvalue weighted by molar-refractivity contribution is -0.141. The number of aryl methyl sites for hydroxylation is 1. The molecular formula is C21H26Cl2N2O3. The van der Waals surface area contributed by atoms with Crippen LogP contribution in [0, 0.1) is 6.92 Å². The summed E-state index contributed by atoms with van der Waals surface area (Å²) >= 11 is 12.4. The van der Waals surface area contributed by atoms with E-state index in [2.05, 4.69) is 5.32 Å². The minimum Gasteiger partial charge on any atom is -0.310 e. The molecule has 1 aromatic rings. The molecule has 152 valence electrons. The molecule has 1 atom stereocenters. The number of halogens is 2. The number of carbonyl (C=O) groups is 3. The first-order chi connectivity index (χ1) is 13.1. The Morgan fingerprint density at radius 2 is 1.96 bits per heavy atom. The quantitative estimate of drug-likeness (QED) is 0.366. The lowest BCUT2D eigenvalue weighted by Gasteiger charge is -2.35. The van der Waals surface area contributed by atoms with E-state index < -0.39 is 23.3 Å². The molecule has 0 spiro atoms. The van der Waals surface area contributed by atoms with Crippen LogP contribution in [-0.2, 0) is 20.9 Å². The van der Waals surface area contributed by atoms with Crippen LogP contribution < -0.4 is 5.32 Å². The summed E-state index contributed by atoms with van der Waals surface area (Å²) in [7, 11) is 0. The summed E-state index contributed by atoms with van der Waals surface area (Å²) < 4.78 is 0. The van der Waals surface area contributed by atoms with Gasteiger partial charge in [0.1, 0.15) is 0 Å². The molecule has 0 heterocycles. The lowest BCUT2D eigenvalue weighted by Crippen LogP contribution is -2.57. The van der Waals surface area contributed by atoms with E-state index in [1.807, 2.05) is 33.8 Å². The summed E-state index contributed by atoms with van der Waals surface area (Å²) in [6.07, 6.45) is 4.44. The fraction of sp³-hybridized carbons (Fsp3) is 0.476. The maximum Gasteiger partial charge on any atom is 0.252 e. The average Bonchev–Trinajstić information content (AvgIpc) is 2.58. The normalized spacial score (nSPS) is 14.7. The van der Waals surface area contributed by atoms with Crippen LogP contribution in [0.15, 0.2) is 23.9 Å². The first-order valence-corrected chi connectivity index (χ1v) is 10.1. The van der Waals surface area contributed by atoms with Crippen molar-refractivity contribution < 1.29 is 14.4 Å². The summed E-state index contributed by atoms with van der Waals surface area (Å²) in [5, 5.41) is 4.03. The molecule has 0 radical (unpaired) electrons. The van der Waals surface area contributed by atoms with Crippen LogP contribution in [-0.4, -0.2) is 34.5 Å². The van der Waals surface area contributed by atoms with E-state index in [4.69, 9.17) is 23.2 Å². The zero-order valence-electron chi connectivity index (χ0n) is 16.6.